The molecule has 0 radical (unpaired) electrons. The van der Waals surface area contributed by atoms with Gasteiger partial charge in [0.25, 0.3) is 0 Å². The van der Waals surface area contributed by atoms with E-state index in [1.807, 2.05) is 0 Å². The fourth-order valence-electron chi connectivity index (χ4n) is 0.802. The number of aliphatic carboxylic acids is 1. The van der Waals surface area contributed by atoms with Crippen molar-refractivity contribution in [1.82, 2.24) is 5.32 Å². The molecule has 0 aliphatic carbocycles. The molecule has 0 aliphatic rings. The fraction of sp³-hybridized carbons (Fsp3) is 0.778. The van der Waals surface area contributed by atoms with Gasteiger partial charge in [0.1, 0.15) is 5.60 Å². The Morgan fingerprint density at radius 3 is 2.11 bits per heavy atom. The van der Waals surface area contributed by atoms with Crippen LogP contribution in [0.25, 0.3) is 0 Å². The number of alkyl carbamates (subject to hydrolysis) is 1. The predicted octanol–water partition coefficient (Wildman–Crippen LogP) is 1.50. The summed E-state index contributed by atoms with van der Waals surface area (Å²) in [7, 11) is 0. The van der Waals surface area contributed by atoms with Crippen LogP contribution < -0.4 is 5.32 Å². The molecule has 1 atom stereocenters. The Labute approximate surface area is 101 Å². The van der Waals surface area contributed by atoms with E-state index < -0.39 is 36.7 Å². The van der Waals surface area contributed by atoms with Gasteiger partial charge in [0.2, 0.25) is 0 Å². The molecule has 0 aromatic carbocycles. The van der Waals surface area contributed by atoms with Crippen LogP contribution in [0.1, 0.15) is 20.8 Å². The highest BCUT2D eigenvalue weighted by atomic mass is 19.4. The van der Waals surface area contributed by atoms with Crippen molar-refractivity contribution in [3.05, 3.63) is 0 Å². The van der Waals surface area contributed by atoms with Crippen molar-refractivity contribution in [2.45, 2.75) is 38.8 Å². The molecule has 0 aromatic rings. The molecule has 1 amide bonds. The number of carboxylic acid groups (broad SMARTS) is 1. The summed E-state index contributed by atoms with van der Waals surface area (Å²) in [6.45, 7) is 3.33. The molecule has 0 heterocycles. The Bertz CT molecular complexity index is 310. The normalized spacial score (nSPS) is 13.9. The van der Waals surface area contributed by atoms with Gasteiger partial charge in [-0.25, -0.2) is 9.59 Å². The summed E-state index contributed by atoms with van der Waals surface area (Å²) >= 11 is 0. The number of halogens is 3. The second-order valence-electron chi connectivity index (χ2n) is 4.29. The van der Waals surface area contributed by atoms with Crippen molar-refractivity contribution in [2.75, 3.05) is 6.61 Å². The standard InChI is InChI=1S/C9H14F3NO5/c1-8(2,3)18-7(16)13-5(6(14)15)4-17-9(10,11)12/h5H,4H2,1-3H3,(H,13,16)(H,14,15)/t5-/m1/s1. The first-order valence-electron chi connectivity index (χ1n) is 4.84. The molecule has 9 heteroatoms. The molecule has 2 N–H and O–H groups in total. The minimum absolute atomic E-state index is 0.891. The highest BCUT2D eigenvalue weighted by Crippen LogP contribution is 2.16. The van der Waals surface area contributed by atoms with Crippen molar-refractivity contribution in [1.29, 1.82) is 0 Å². The number of nitrogens with one attached hydrogen (secondary N) is 1. The van der Waals surface area contributed by atoms with Gasteiger partial charge in [-0.05, 0) is 20.8 Å². The molecule has 0 fully saturated rings. The van der Waals surface area contributed by atoms with Gasteiger partial charge in [0.05, 0.1) is 6.61 Å². The predicted molar refractivity (Wildman–Crippen MR) is 52.8 cm³/mol. The second kappa shape index (κ2) is 5.89. The molecule has 0 aromatic heterocycles. The number of ether oxygens (including phenoxy) is 2. The van der Waals surface area contributed by atoms with Gasteiger partial charge in [-0.3, -0.25) is 4.74 Å². The molecular formula is C9H14F3NO5. The minimum Gasteiger partial charge on any atom is -0.480 e. The summed E-state index contributed by atoms with van der Waals surface area (Å²) in [5.74, 6) is -1.66. The van der Waals surface area contributed by atoms with Crippen LogP contribution in [0.5, 0.6) is 0 Å². The van der Waals surface area contributed by atoms with Crippen molar-refractivity contribution in [3.8, 4) is 0 Å². The first kappa shape index (κ1) is 16.5. The Kier molecular flexibility index (Phi) is 5.40. The maximum absolute atomic E-state index is 11.7. The van der Waals surface area contributed by atoms with Gasteiger partial charge < -0.3 is 15.2 Å². The number of carbonyl (C=O) groups is 2. The average molecular weight is 273 g/mol. The molecular weight excluding hydrogens is 259 g/mol. The lowest BCUT2D eigenvalue weighted by Crippen LogP contribution is -2.46. The van der Waals surface area contributed by atoms with E-state index in [1.165, 1.54) is 20.8 Å². The highest BCUT2D eigenvalue weighted by molar-refractivity contribution is 5.80. The van der Waals surface area contributed by atoms with E-state index in [0.29, 0.717) is 0 Å². The second-order valence-corrected chi connectivity index (χ2v) is 4.29. The topological polar surface area (TPSA) is 84.9 Å². The summed E-state index contributed by atoms with van der Waals surface area (Å²) in [5, 5.41) is 10.4. The van der Waals surface area contributed by atoms with Gasteiger partial charge in [0.15, 0.2) is 6.04 Å². The molecule has 0 rings (SSSR count). The monoisotopic (exact) mass is 273 g/mol. The molecule has 6 nitrogen and oxygen atoms in total. The lowest BCUT2D eigenvalue weighted by atomic mass is 10.2. The van der Waals surface area contributed by atoms with Crippen LogP contribution >= 0.6 is 0 Å². The van der Waals surface area contributed by atoms with Crippen LogP contribution in [-0.2, 0) is 14.3 Å². The molecule has 0 aliphatic heterocycles. The van der Waals surface area contributed by atoms with E-state index in [1.54, 1.807) is 5.32 Å². The summed E-state index contributed by atoms with van der Waals surface area (Å²) in [4.78, 5) is 21.8. The summed E-state index contributed by atoms with van der Waals surface area (Å²) < 4.78 is 43.2. The molecule has 0 saturated heterocycles. The number of hydrogen-bond acceptors (Lipinski definition) is 4. The van der Waals surface area contributed by atoms with E-state index in [0.717, 1.165) is 0 Å². The van der Waals surface area contributed by atoms with Crippen LogP contribution in [0.3, 0.4) is 0 Å². The lowest BCUT2D eigenvalue weighted by molar-refractivity contribution is -0.325. The number of amides is 1. The third-order valence-corrected chi connectivity index (χ3v) is 1.40. The Hall–Kier alpha value is -1.51. The van der Waals surface area contributed by atoms with Gasteiger partial charge in [-0.15, -0.1) is 13.2 Å². The average Bonchev–Trinajstić information content (AvgIpc) is 2.06. The number of alkyl halides is 3. The summed E-state index contributed by atoms with van der Waals surface area (Å²) in [6.07, 6.45) is -6.11. The number of carbonyl (C=O) groups excluding carboxylic acids is 1. The zero-order chi connectivity index (χ0) is 14.6. The van der Waals surface area contributed by atoms with Gasteiger partial charge in [0, 0.05) is 0 Å². The van der Waals surface area contributed by atoms with E-state index >= 15 is 0 Å². The lowest BCUT2D eigenvalue weighted by Gasteiger charge is -2.22. The quantitative estimate of drug-likeness (QED) is 0.810. The smallest absolute Gasteiger partial charge is 0.480 e. The van der Waals surface area contributed by atoms with E-state index in [9.17, 15) is 22.8 Å². The van der Waals surface area contributed by atoms with E-state index in [4.69, 9.17) is 9.84 Å². The van der Waals surface area contributed by atoms with E-state index in [-0.39, 0.29) is 0 Å². The third-order valence-electron chi connectivity index (χ3n) is 1.40. The third kappa shape index (κ3) is 8.62. The molecule has 0 saturated carbocycles. The molecule has 0 bridgehead atoms. The van der Waals surface area contributed by atoms with Crippen molar-refractivity contribution in [2.24, 2.45) is 0 Å². The summed E-state index contributed by atoms with van der Waals surface area (Å²) in [5.41, 5.74) is -0.891. The number of carboxylic acids is 1. The van der Waals surface area contributed by atoms with Crippen LogP contribution in [0.4, 0.5) is 18.0 Å². The van der Waals surface area contributed by atoms with Crippen molar-refractivity contribution >= 4 is 12.1 Å². The summed E-state index contributed by atoms with van der Waals surface area (Å²) in [6, 6.07) is -1.85. The largest absolute Gasteiger partial charge is 0.522 e. The van der Waals surface area contributed by atoms with Gasteiger partial charge in [-0.1, -0.05) is 0 Å². The maximum atomic E-state index is 11.7. The Morgan fingerprint density at radius 2 is 1.78 bits per heavy atom. The molecule has 18 heavy (non-hydrogen) atoms. The Morgan fingerprint density at radius 1 is 1.28 bits per heavy atom. The van der Waals surface area contributed by atoms with Gasteiger partial charge >= 0.3 is 18.4 Å². The van der Waals surface area contributed by atoms with E-state index in [2.05, 4.69) is 4.74 Å². The first-order chi connectivity index (χ1) is 7.91. The molecule has 0 unspecified atom stereocenters. The minimum atomic E-state index is -4.97. The van der Waals surface area contributed by atoms with Crippen LogP contribution in [0.2, 0.25) is 0 Å². The van der Waals surface area contributed by atoms with Crippen molar-refractivity contribution in [3.63, 3.8) is 0 Å². The zero-order valence-electron chi connectivity index (χ0n) is 10.00. The van der Waals surface area contributed by atoms with Crippen molar-refractivity contribution < 1.29 is 37.3 Å². The van der Waals surface area contributed by atoms with Crippen LogP contribution in [0, 0.1) is 0 Å². The van der Waals surface area contributed by atoms with Crippen LogP contribution in [-0.4, -0.2) is 41.8 Å². The Balaban J connectivity index is 4.37. The van der Waals surface area contributed by atoms with Crippen LogP contribution in [0.15, 0.2) is 0 Å². The first-order valence-corrected chi connectivity index (χ1v) is 4.84. The zero-order valence-corrected chi connectivity index (χ0v) is 10.00. The maximum Gasteiger partial charge on any atom is 0.522 e. The molecule has 0 spiro atoms. The SMILES string of the molecule is CC(C)(C)OC(=O)N[C@H](COC(F)(F)F)C(=O)O. The number of rotatable bonds is 4. The number of hydrogen-bond donors (Lipinski definition) is 2. The van der Waals surface area contributed by atoms with Gasteiger partial charge in [-0.2, -0.15) is 0 Å². The highest BCUT2D eigenvalue weighted by Gasteiger charge is 2.33. The fourth-order valence-corrected chi connectivity index (χ4v) is 0.802. The molecule has 106 valence electrons.